The number of ether oxygens (including phenoxy) is 3. The smallest absolute Gasteiger partial charge is 0.159 e. The van der Waals surface area contributed by atoms with Crippen molar-refractivity contribution in [3.63, 3.8) is 0 Å². The first-order valence-corrected chi connectivity index (χ1v) is 4.51. The molecule has 0 aliphatic carbocycles. The summed E-state index contributed by atoms with van der Waals surface area (Å²) in [6.07, 6.45) is 0.348. The van der Waals surface area contributed by atoms with Gasteiger partial charge in [0.1, 0.15) is 6.10 Å². The average molecular weight is 189 g/mol. The van der Waals surface area contributed by atoms with Crippen LogP contribution in [0.25, 0.3) is 0 Å². The molecule has 1 aliphatic rings. The van der Waals surface area contributed by atoms with E-state index in [1.807, 2.05) is 13.8 Å². The molecule has 1 saturated heterocycles. The maximum Gasteiger partial charge on any atom is 0.159 e. The highest BCUT2D eigenvalue weighted by Gasteiger charge is 2.42. The van der Waals surface area contributed by atoms with Gasteiger partial charge in [-0.3, -0.25) is 0 Å². The number of methoxy groups -OCH3 is 2. The van der Waals surface area contributed by atoms with Crippen LogP contribution in [0.1, 0.15) is 20.3 Å². The summed E-state index contributed by atoms with van der Waals surface area (Å²) in [7, 11) is 3.28. The molecule has 0 aromatic carbocycles. The van der Waals surface area contributed by atoms with Gasteiger partial charge >= 0.3 is 0 Å². The van der Waals surface area contributed by atoms with E-state index >= 15 is 0 Å². The summed E-state index contributed by atoms with van der Waals surface area (Å²) in [6, 6.07) is 0. The van der Waals surface area contributed by atoms with E-state index in [1.54, 1.807) is 14.2 Å². The lowest BCUT2D eigenvalue weighted by molar-refractivity contribution is -0.232. The summed E-state index contributed by atoms with van der Waals surface area (Å²) in [4.78, 5) is 0. The van der Waals surface area contributed by atoms with Gasteiger partial charge in [0.2, 0.25) is 0 Å². The topological polar surface area (TPSA) is 53.7 Å². The molecule has 0 bridgehead atoms. The molecule has 0 amide bonds. The molecule has 4 atom stereocenters. The number of hydrogen-bond acceptors (Lipinski definition) is 4. The van der Waals surface area contributed by atoms with E-state index in [4.69, 9.17) is 19.9 Å². The standard InChI is InChI=1S/C9H19NO3/c1-6-8(12-4)9(2,10)5-7(11-3)13-6/h6-8H,5,10H2,1-4H3/t6-,7-,8-,9?/m0/s1. The van der Waals surface area contributed by atoms with Gasteiger partial charge in [-0.15, -0.1) is 0 Å². The van der Waals surface area contributed by atoms with E-state index in [0.717, 1.165) is 0 Å². The van der Waals surface area contributed by atoms with E-state index < -0.39 is 0 Å². The van der Waals surface area contributed by atoms with Gasteiger partial charge in [-0.1, -0.05) is 0 Å². The quantitative estimate of drug-likeness (QED) is 0.687. The molecule has 0 saturated carbocycles. The molecule has 1 unspecified atom stereocenters. The number of nitrogens with two attached hydrogens (primary N) is 1. The van der Waals surface area contributed by atoms with Crippen LogP contribution in [-0.4, -0.2) is 38.3 Å². The lowest BCUT2D eigenvalue weighted by Crippen LogP contribution is -2.60. The molecule has 0 spiro atoms. The van der Waals surface area contributed by atoms with Crippen LogP contribution in [0.3, 0.4) is 0 Å². The van der Waals surface area contributed by atoms with Gasteiger partial charge in [-0.2, -0.15) is 0 Å². The van der Waals surface area contributed by atoms with Gasteiger partial charge in [0.05, 0.1) is 6.10 Å². The van der Waals surface area contributed by atoms with E-state index in [2.05, 4.69) is 0 Å². The first kappa shape index (κ1) is 10.9. The van der Waals surface area contributed by atoms with Crippen LogP contribution < -0.4 is 5.73 Å². The van der Waals surface area contributed by atoms with Crippen LogP contribution in [0, 0.1) is 0 Å². The van der Waals surface area contributed by atoms with Crippen LogP contribution >= 0.6 is 0 Å². The van der Waals surface area contributed by atoms with Gasteiger partial charge in [0.15, 0.2) is 6.29 Å². The largest absolute Gasteiger partial charge is 0.377 e. The second-order valence-corrected chi connectivity index (χ2v) is 3.87. The van der Waals surface area contributed by atoms with Crippen LogP contribution in [0.15, 0.2) is 0 Å². The monoisotopic (exact) mass is 189 g/mol. The van der Waals surface area contributed by atoms with Crippen LogP contribution in [0.2, 0.25) is 0 Å². The SMILES string of the molecule is CO[C@@H]1CC(C)(N)[C@@H](OC)[C@H](C)O1. The summed E-state index contributed by atoms with van der Waals surface area (Å²) in [5.74, 6) is 0. The summed E-state index contributed by atoms with van der Waals surface area (Å²) in [6.45, 7) is 3.91. The molecule has 0 aromatic heterocycles. The molecule has 2 N–H and O–H groups in total. The zero-order valence-corrected chi connectivity index (χ0v) is 8.74. The molecule has 13 heavy (non-hydrogen) atoms. The fourth-order valence-corrected chi connectivity index (χ4v) is 1.97. The Bertz CT molecular complexity index is 172. The Morgan fingerprint density at radius 2 is 2.00 bits per heavy atom. The van der Waals surface area contributed by atoms with Gasteiger partial charge in [-0.25, -0.2) is 0 Å². The molecule has 4 heteroatoms. The molecule has 1 aliphatic heterocycles. The lowest BCUT2D eigenvalue weighted by Gasteiger charge is -2.44. The molecule has 0 radical (unpaired) electrons. The Kier molecular flexibility index (Phi) is 3.29. The number of rotatable bonds is 2. The van der Waals surface area contributed by atoms with Crippen molar-refractivity contribution in [2.75, 3.05) is 14.2 Å². The fourth-order valence-electron chi connectivity index (χ4n) is 1.97. The first-order valence-electron chi connectivity index (χ1n) is 4.51. The third kappa shape index (κ3) is 2.20. The zero-order chi connectivity index (χ0) is 10.1. The van der Waals surface area contributed by atoms with Crippen molar-refractivity contribution in [1.29, 1.82) is 0 Å². The van der Waals surface area contributed by atoms with Gasteiger partial charge in [-0.05, 0) is 13.8 Å². The van der Waals surface area contributed by atoms with Crippen LogP contribution in [0.4, 0.5) is 0 Å². The van der Waals surface area contributed by atoms with Crippen LogP contribution in [0.5, 0.6) is 0 Å². The van der Waals surface area contributed by atoms with Crippen molar-refractivity contribution >= 4 is 0 Å². The Morgan fingerprint density at radius 3 is 2.38 bits per heavy atom. The normalized spacial score (nSPS) is 46.4. The summed E-state index contributed by atoms with van der Waals surface area (Å²) in [5.41, 5.74) is 5.72. The van der Waals surface area contributed by atoms with E-state index in [1.165, 1.54) is 0 Å². The maximum absolute atomic E-state index is 6.10. The third-order valence-corrected chi connectivity index (χ3v) is 2.57. The molecule has 4 nitrogen and oxygen atoms in total. The minimum absolute atomic E-state index is 0.0290. The van der Waals surface area contributed by atoms with Crippen molar-refractivity contribution < 1.29 is 14.2 Å². The van der Waals surface area contributed by atoms with E-state index in [9.17, 15) is 0 Å². The highest BCUT2D eigenvalue weighted by molar-refractivity contribution is 4.95. The molecule has 1 fully saturated rings. The van der Waals surface area contributed by atoms with Crippen molar-refractivity contribution in [1.82, 2.24) is 0 Å². The maximum atomic E-state index is 6.10. The van der Waals surface area contributed by atoms with Gasteiger partial charge < -0.3 is 19.9 Å². The van der Waals surface area contributed by atoms with Crippen molar-refractivity contribution in [2.24, 2.45) is 5.73 Å². The minimum atomic E-state index is -0.382. The average Bonchev–Trinajstić information content (AvgIpc) is 2.02. The predicted molar refractivity (Wildman–Crippen MR) is 49.4 cm³/mol. The highest BCUT2D eigenvalue weighted by atomic mass is 16.7. The van der Waals surface area contributed by atoms with E-state index in [-0.39, 0.29) is 24.0 Å². The molecule has 1 heterocycles. The van der Waals surface area contributed by atoms with Crippen molar-refractivity contribution in [2.45, 2.75) is 44.3 Å². The Morgan fingerprint density at radius 1 is 1.38 bits per heavy atom. The molecule has 78 valence electrons. The van der Waals surface area contributed by atoms with Gasteiger partial charge in [0, 0.05) is 26.2 Å². The first-order chi connectivity index (χ1) is 6.01. The summed E-state index contributed by atoms with van der Waals surface area (Å²) >= 11 is 0. The molecular weight excluding hydrogens is 170 g/mol. The predicted octanol–water partition coefficient (Wildman–Crippen LogP) is 0.500. The van der Waals surface area contributed by atoms with Crippen molar-refractivity contribution in [3.05, 3.63) is 0 Å². The Hall–Kier alpha value is -0.160. The zero-order valence-electron chi connectivity index (χ0n) is 8.74. The molecule has 0 aromatic rings. The summed E-state index contributed by atoms with van der Waals surface area (Å²) < 4.78 is 16.0. The van der Waals surface area contributed by atoms with Crippen LogP contribution in [-0.2, 0) is 14.2 Å². The Labute approximate surface area is 79.3 Å². The summed E-state index contributed by atoms with van der Waals surface area (Å²) in [5, 5.41) is 0. The second-order valence-electron chi connectivity index (χ2n) is 3.87. The molecular formula is C9H19NO3. The Balaban J connectivity index is 2.69. The van der Waals surface area contributed by atoms with Gasteiger partial charge in [0.25, 0.3) is 0 Å². The van der Waals surface area contributed by atoms with E-state index in [0.29, 0.717) is 6.42 Å². The second kappa shape index (κ2) is 3.92. The molecule has 1 rings (SSSR count). The fraction of sp³-hybridized carbons (Fsp3) is 1.00. The minimum Gasteiger partial charge on any atom is -0.377 e. The highest BCUT2D eigenvalue weighted by Crippen LogP contribution is 2.28. The van der Waals surface area contributed by atoms with Crippen molar-refractivity contribution in [3.8, 4) is 0 Å². The number of hydrogen-bond donors (Lipinski definition) is 1. The lowest BCUT2D eigenvalue weighted by atomic mass is 9.86. The third-order valence-electron chi connectivity index (χ3n) is 2.57.